The molecule has 0 radical (unpaired) electrons. The summed E-state index contributed by atoms with van der Waals surface area (Å²) in [5, 5.41) is 8.44. The predicted octanol–water partition coefficient (Wildman–Crippen LogP) is 0.224. The van der Waals surface area contributed by atoms with Crippen LogP contribution in [0.15, 0.2) is 35.1 Å². The van der Waals surface area contributed by atoms with Crippen LogP contribution < -0.4 is 16.8 Å². The second-order valence-electron chi connectivity index (χ2n) is 4.52. The molecule has 21 heavy (non-hydrogen) atoms. The molecule has 2 aromatic heterocycles. The summed E-state index contributed by atoms with van der Waals surface area (Å²) in [6.45, 7) is 1.95. The molecular formula is C13H13N7O. The van der Waals surface area contributed by atoms with Gasteiger partial charge in [0, 0.05) is 11.8 Å². The van der Waals surface area contributed by atoms with E-state index in [1.807, 2.05) is 13.0 Å². The van der Waals surface area contributed by atoms with Crippen LogP contribution in [0.1, 0.15) is 11.5 Å². The molecule has 2 heterocycles. The van der Waals surface area contributed by atoms with Crippen molar-refractivity contribution in [2.45, 2.75) is 13.5 Å². The van der Waals surface area contributed by atoms with Gasteiger partial charge in [0.2, 0.25) is 0 Å². The molecule has 1 aromatic carbocycles. The maximum Gasteiger partial charge on any atom is 0.278 e. The normalized spacial score (nSPS) is 10.8. The summed E-state index contributed by atoms with van der Waals surface area (Å²) in [5.74, 6) is 6.27. The molecule has 0 aliphatic rings. The molecule has 0 aliphatic carbocycles. The van der Waals surface area contributed by atoms with Crippen LogP contribution in [0.25, 0.3) is 10.9 Å². The summed E-state index contributed by atoms with van der Waals surface area (Å²) in [7, 11) is 0. The fourth-order valence-corrected chi connectivity index (χ4v) is 2.04. The number of nitrogens with one attached hydrogen (secondary N) is 1. The van der Waals surface area contributed by atoms with Gasteiger partial charge in [0.1, 0.15) is 17.9 Å². The van der Waals surface area contributed by atoms with E-state index in [0.29, 0.717) is 22.5 Å². The van der Waals surface area contributed by atoms with E-state index in [1.54, 1.807) is 24.3 Å². The summed E-state index contributed by atoms with van der Waals surface area (Å²) < 4.78 is 1.23. The molecule has 8 nitrogen and oxygen atoms in total. The Kier molecular flexibility index (Phi) is 3.28. The van der Waals surface area contributed by atoms with E-state index in [9.17, 15) is 4.79 Å². The highest BCUT2D eigenvalue weighted by molar-refractivity contribution is 5.76. The lowest BCUT2D eigenvalue weighted by Gasteiger charge is -2.06. The molecule has 0 saturated carbocycles. The molecule has 0 amide bonds. The third-order valence-electron chi connectivity index (χ3n) is 2.97. The van der Waals surface area contributed by atoms with Gasteiger partial charge in [-0.05, 0) is 19.1 Å². The largest absolute Gasteiger partial charge is 0.308 e. The van der Waals surface area contributed by atoms with Gasteiger partial charge in [0.05, 0.1) is 5.39 Å². The van der Waals surface area contributed by atoms with Crippen LogP contribution in [-0.4, -0.2) is 25.0 Å². The number of aryl methyl sites for hydroxylation is 1. The van der Waals surface area contributed by atoms with Crippen LogP contribution in [0.3, 0.4) is 0 Å². The molecule has 0 bridgehead atoms. The first-order valence-corrected chi connectivity index (χ1v) is 6.31. The monoisotopic (exact) mass is 283 g/mol. The maximum absolute atomic E-state index is 12.3. The molecule has 3 N–H and O–H groups in total. The number of fused-ring (bicyclic) bond motifs is 1. The summed E-state index contributed by atoms with van der Waals surface area (Å²) >= 11 is 0. The Morgan fingerprint density at radius 3 is 2.90 bits per heavy atom. The zero-order valence-electron chi connectivity index (χ0n) is 11.3. The van der Waals surface area contributed by atoms with Crippen LogP contribution in [0.2, 0.25) is 0 Å². The summed E-state index contributed by atoms with van der Waals surface area (Å²) in [6, 6.07) is 8.76. The highest BCUT2D eigenvalue weighted by atomic mass is 16.1. The van der Waals surface area contributed by atoms with E-state index in [-0.39, 0.29) is 12.1 Å². The van der Waals surface area contributed by atoms with Crippen molar-refractivity contribution in [2.24, 2.45) is 5.84 Å². The Morgan fingerprint density at radius 1 is 1.29 bits per heavy atom. The molecule has 0 atom stereocenters. The number of hydrogen-bond acceptors (Lipinski definition) is 7. The standard InChI is InChI=1S/C13H13N7O/c1-8-6-11(17-14)16-12(15-8)7-20-13(21)9-4-2-3-5-10(9)18-19-20/h2-6H,7,14H2,1H3,(H,15,16,17). The van der Waals surface area contributed by atoms with Crippen molar-refractivity contribution in [3.8, 4) is 0 Å². The van der Waals surface area contributed by atoms with Crippen LogP contribution >= 0.6 is 0 Å². The number of rotatable bonds is 3. The second kappa shape index (κ2) is 5.25. The summed E-state index contributed by atoms with van der Waals surface area (Å²) in [4.78, 5) is 20.8. The lowest BCUT2D eigenvalue weighted by atomic mass is 10.2. The van der Waals surface area contributed by atoms with E-state index >= 15 is 0 Å². The van der Waals surface area contributed by atoms with Gasteiger partial charge in [-0.25, -0.2) is 20.5 Å². The predicted molar refractivity (Wildman–Crippen MR) is 77.5 cm³/mol. The number of nitrogens with zero attached hydrogens (tertiary/aromatic N) is 5. The van der Waals surface area contributed by atoms with Crippen LogP contribution in [0, 0.1) is 6.92 Å². The van der Waals surface area contributed by atoms with Gasteiger partial charge in [-0.2, -0.15) is 0 Å². The van der Waals surface area contributed by atoms with Crippen molar-refractivity contribution in [3.63, 3.8) is 0 Å². The van der Waals surface area contributed by atoms with Gasteiger partial charge in [-0.15, -0.1) is 5.10 Å². The third kappa shape index (κ3) is 2.56. The average Bonchev–Trinajstić information content (AvgIpc) is 2.50. The number of hydrogen-bond donors (Lipinski definition) is 2. The van der Waals surface area contributed by atoms with E-state index in [1.165, 1.54) is 4.68 Å². The Morgan fingerprint density at radius 2 is 2.10 bits per heavy atom. The van der Waals surface area contributed by atoms with Gasteiger partial charge < -0.3 is 5.43 Å². The molecule has 0 fully saturated rings. The molecule has 0 saturated heterocycles. The SMILES string of the molecule is Cc1cc(NN)nc(Cn2nnc3ccccc3c2=O)n1. The van der Waals surface area contributed by atoms with Crippen molar-refractivity contribution in [1.82, 2.24) is 25.0 Å². The first-order valence-electron chi connectivity index (χ1n) is 6.31. The highest BCUT2D eigenvalue weighted by Crippen LogP contribution is 2.06. The number of nitrogens with two attached hydrogens (primary N) is 1. The number of nitrogen functional groups attached to an aromatic ring is 1. The summed E-state index contributed by atoms with van der Waals surface area (Å²) in [5.41, 5.74) is 3.54. The summed E-state index contributed by atoms with van der Waals surface area (Å²) in [6.07, 6.45) is 0. The smallest absolute Gasteiger partial charge is 0.278 e. The molecule has 8 heteroatoms. The molecule has 0 aliphatic heterocycles. The first kappa shape index (κ1) is 13.1. The van der Waals surface area contributed by atoms with Crippen molar-refractivity contribution in [2.75, 3.05) is 5.43 Å². The van der Waals surface area contributed by atoms with Crippen molar-refractivity contribution in [3.05, 3.63) is 52.2 Å². The Bertz CT molecular complexity index is 859. The van der Waals surface area contributed by atoms with Crippen molar-refractivity contribution < 1.29 is 0 Å². The lowest BCUT2D eigenvalue weighted by Crippen LogP contribution is -2.26. The maximum atomic E-state index is 12.3. The van der Waals surface area contributed by atoms with Gasteiger partial charge in [-0.1, -0.05) is 17.3 Å². The molecule has 0 spiro atoms. The molecule has 3 rings (SSSR count). The number of aromatic nitrogens is 5. The van der Waals surface area contributed by atoms with Gasteiger partial charge in [-0.3, -0.25) is 4.79 Å². The van der Waals surface area contributed by atoms with E-state index in [2.05, 4.69) is 25.7 Å². The minimum absolute atomic E-state index is 0.132. The minimum Gasteiger partial charge on any atom is -0.308 e. The van der Waals surface area contributed by atoms with Gasteiger partial charge in [0.25, 0.3) is 5.56 Å². The van der Waals surface area contributed by atoms with Crippen LogP contribution in [-0.2, 0) is 6.54 Å². The number of hydrazine groups is 1. The van der Waals surface area contributed by atoms with Crippen molar-refractivity contribution >= 4 is 16.7 Å². The Hall–Kier alpha value is -2.87. The number of benzene rings is 1. The Labute approximate surface area is 119 Å². The van der Waals surface area contributed by atoms with E-state index in [4.69, 9.17) is 5.84 Å². The lowest BCUT2D eigenvalue weighted by molar-refractivity contribution is 0.580. The molecule has 106 valence electrons. The fraction of sp³-hybridized carbons (Fsp3) is 0.154. The zero-order chi connectivity index (χ0) is 14.8. The van der Waals surface area contributed by atoms with Crippen molar-refractivity contribution in [1.29, 1.82) is 0 Å². The average molecular weight is 283 g/mol. The van der Waals surface area contributed by atoms with Gasteiger partial charge in [0.15, 0.2) is 5.82 Å². The minimum atomic E-state index is -0.229. The quantitative estimate of drug-likeness (QED) is 0.522. The van der Waals surface area contributed by atoms with E-state index in [0.717, 1.165) is 5.69 Å². The second-order valence-corrected chi connectivity index (χ2v) is 4.52. The molecular weight excluding hydrogens is 270 g/mol. The molecule has 0 unspecified atom stereocenters. The van der Waals surface area contributed by atoms with Gasteiger partial charge >= 0.3 is 0 Å². The fourth-order valence-electron chi connectivity index (χ4n) is 2.04. The van der Waals surface area contributed by atoms with Crippen LogP contribution in [0.5, 0.6) is 0 Å². The third-order valence-corrected chi connectivity index (χ3v) is 2.97. The molecule has 3 aromatic rings. The topological polar surface area (TPSA) is 112 Å². The highest BCUT2D eigenvalue weighted by Gasteiger charge is 2.08. The van der Waals surface area contributed by atoms with E-state index < -0.39 is 0 Å². The zero-order valence-corrected chi connectivity index (χ0v) is 11.3. The van der Waals surface area contributed by atoms with Crippen LogP contribution in [0.4, 0.5) is 5.82 Å². The Balaban J connectivity index is 2.04. The number of anilines is 1. The first-order chi connectivity index (χ1) is 10.2.